The predicted octanol–water partition coefficient (Wildman–Crippen LogP) is 0.336. The van der Waals surface area contributed by atoms with Crippen molar-refractivity contribution in [2.75, 3.05) is 39.5 Å². The van der Waals surface area contributed by atoms with E-state index in [0.29, 0.717) is 26.3 Å². The Labute approximate surface area is 81.6 Å². The molecule has 0 atom stereocenters. The second-order valence-corrected chi connectivity index (χ2v) is 4.47. The molecule has 0 aromatic carbocycles. The van der Waals surface area contributed by atoms with E-state index in [1.54, 1.807) is 4.90 Å². The molecule has 82 valence electrons. The number of hydrogen-bond donors (Lipinski definition) is 1. The largest absolute Gasteiger partial charge is 0.396 e. The molecular formula is C9H15F2NO2. The van der Waals surface area contributed by atoms with Crippen LogP contribution >= 0.6 is 0 Å². The number of likely N-dealkylation sites (tertiary alicyclic amines) is 1. The van der Waals surface area contributed by atoms with E-state index in [4.69, 9.17) is 9.84 Å². The van der Waals surface area contributed by atoms with Gasteiger partial charge in [0.05, 0.1) is 31.8 Å². The van der Waals surface area contributed by atoms with Crippen LogP contribution in [-0.4, -0.2) is 55.4 Å². The van der Waals surface area contributed by atoms with Crippen LogP contribution in [-0.2, 0) is 4.74 Å². The zero-order valence-electron chi connectivity index (χ0n) is 8.01. The Morgan fingerprint density at radius 3 is 2.43 bits per heavy atom. The fraction of sp³-hybridized carbons (Fsp3) is 1.00. The molecule has 1 N–H and O–H groups in total. The Bertz CT molecular complexity index is 213. The molecule has 0 spiro atoms. The molecule has 3 nitrogen and oxygen atoms in total. The summed E-state index contributed by atoms with van der Waals surface area (Å²) in [5.41, 5.74) is -0.277. The van der Waals surface area contributed by atoms with Crippen molar-refractivity contribution in [3.8, 4) is 0 Å². The van der Waals surface area contributed by atoms with Gasteiger partial charge in [-0.1, -0.05) is 0 Å². The van der Waals surface area contributed by atoms with Crippen LogP contribution in [0.5, 0.6) is 0 Å². The highest BCUT2D eigenvalue weighted by Crippen LogP contribution is 2.33. The molecule has 2 fully saturated rings. The van der Waals surface area contributed by atoms with Gasteiger partial charge in [0, 0.05) is 19.5 Å². The second kappa shape index (κ2) is 3.40. The zero-order valence-corrected chi connectivity index (χ0v) is 8.01. The van der Waals surface area contributed by atoms with Gasteiger partial charge < -0.3 is 9.84 Å². The van der Waals surface area contributed by atoms with E-state index in [2.05, 4.69) is 0 Å². The van der Waals surface area contributed by atoms with Crippen molar-refractivity contribution in [3.63, 3.8) is 0 Å². The number of halogens is 2. The lowest BCUT2D eigenvalue weighted by Crippen LogP contribution is -2.53. The van der Waals surface area contributed by atoms with Gasteiger partial charge in [-0.2, -0.15) is 0 Å². The maximum atomic E-state index is 12.9. The summed E-state index contributed by atoms with van der Waals surface area (Å²) in [5, 5.41) is 9.13. The number of ether oxygens (including phenoxy) is 1. The van der Waals surface area contributed by atoms with Crippen LogP contribution in [0.15, 0.2) is 0 Å². The molecule has 2 aliphatic rings. The molecule has 0 amide bonds. The molecule has 2 aliphatic heterocycles. The zero-order chi connectivity index (χ0) is 10.2. The molecule has 2 rings (SSSR count). The molecule has 2 saturated heterocycles. The molecule has 0 radical (unpaired) electrons. The van der Waals surface area contributed by atoms with Gasteiger partial charge in [-0.15, -0.1) is 0 Å². The van der Waals surface area contributed by atoms with Crippen molar-refractivity contribution in [1.29, 1.82) is 0 Å². The summed E-state index contributed by atoms with van der Waals surface area (Å²) in [7, 11) is 0. The lowest BCUT2D eigenvalue weighted by atomic mass is 9.86. The van der Waals surface area contributed by atoms with Crippen LogP contribution in [0.3, 0.4) is 0 Å². The van der Waals surface area contributed by atoms with Gasteiger partial charge in [0.15, 0.2) is 0 Å². The van der Waals surface area contributed by atoms with E-state index in [1.807, 2.05) is 0 Å². The minimum absolute atomic E-state index is 0.0229. The number of hydrogen-bond acceptors (Lipinski definition) is 3. The SMILES string of the molecule is OCC1(CN2CCC(F)(F)C2)COC1. The van der Waals surface area contributed by atoms with E-state index in [1.165, 1.54) is 0 Å². The summed E-state index contributed by atoms with van der Waals surface area (Å²) in [6.45, 7) is 1.79. The Morgan fingerprint density at radius 2 is 2.07 bits per heavy atom. The molecule has 2 heterocycles. The number of aliphatic hydroxyl groups excluding tert-OH is 1. The van der Waals surface area contributed by atoms with Crippen molar-refractivity contribution in [2.24, 2.45) is 5.41 Å². The van der Waals surface area contributed by atoms with Gasteiger partial charge in [0.25, 0.3) is 5.92 Å². The van der Waals surface area contributed by atoms with E-state index in [9.17, 15) is 8.78 Å². The van der Waals surface area contributed by atoms with Crippen molar-refractivity contribution < 1.29 is 18.6 Å². The molecule has 0 aromatic heterocycles. The van der Waals surface area contributed by atoms with Gasteiger partial charge >= 0.3 is 0 Å². The van der Waals surface area contributed by atoms with E-state index >= 15 is 0 Å². The standard InChI is InChI=1S/C9H15F2NO2/c10-9(11)1-2-12(4-9)3-8(5-13)6-14-7-8/h13H,1-7H2. The smallest absolute Gasteiger partial charge is 0.261 e. The molecule has 0 aromatic rings. The normalized spacial score (nSPS) is 30.2. The summed E-state index contributed by atoms with van der Waals surface area (Å²) in [4.78, 5) is 1.72. The third kappa shape index (κ3) is 1.89. The highest BCUT2D eigenvalue weighted by Gasteiger charge is 2.44. The van der Waals surface area contributed by atoms with Gasteiger partial charge in [-0.25, -0.2) is 8.78 Å². The average molecular weight is 207 g/mol. The quantitative estimate of drug-likeness (QED) is 0.724. The van der Waals surface area contributed by atoms with Crippen LogP contribution in [0.4, 0.5) is 8.78 Å². The minimum Gasteiger partial charge on any atom is -0.396 e. The maximum absolute atomic E-state index is 12.9. The van der Waals surface area contributed by atoms with Crippen molar-refractivity contribution in [3.05, 3.63) is 0 Å². The summed E-state index contributed by atoms with van der Waals surface area (Å²) in [5.74, 6) is -2.54. The topological polar surface area (TPSA) is 32.7 Å². The number of nitrogens with zero attached hydrogens (tertiary/aromatic N) is 1. The van der Waals surface area contributed by atoms with Gasteiger partial charge in [-0.3, -0.25) is 4.90 Å². The maximum Gasteiger partial charge on any atom is 0.261 e. The van der Waals surface area contributed by atoms with Gasteiger partial charge in [0.1, 0.15) is 0 Å². The molecular weight excluding hydrogens is 192 g/mol. The molecule has 5 heteroatoms. The summed E-state index contributed by atoms with van der Waals surface area (Å²) in [6.07, 6.45) is -0.0602. The number of rotatable bonds is 3. The Kier molecular flexibility index (Phi) is 2.49. The first-order valence-electron chi connectivity index (χ1n) is 4.84. The predicted molar refractivity (Wildman–Crippen MR) is 46.3 cm³/mol. The molecule has 0 saturated carbocycles. The monoisotopic (exact) mass is 207 g/mol. The fourth-order valence-electron chi connectivity index (χ4n) is 2.04. The second-order valence-electron chi connectivity index (χ2n) is 4.47. The molecule has 0 bridgehead atoms. The van der Waals surface area contributed by atoms with Gasteiger partial charge in [-0.05, 0) is 0 Å². The number of aliphatic hydroxyl groups is 1. The van der Waals surface area contributed by atoms with Crippen LogP contribution in [0, 0.1) is 5.41 Å². The third-order valence-electron chi connectivity index (χ3n) is 2.96. The fourth-order valence-corrected chi connectivity index (χ4v) is 2.04. The average Bonchev–Trinajstić information content (AvgIpc) is 2.38. The summed E-state index contributed by atoms with van der Waals surface area (Å²) < 4.78 is 30.7. The van der Waals surface area contributed by atoms with Gasteiger partial charge in [0.2, 0.25) is 0 Å². The number of alkyl halides is 2. The van der Waals surface area contributed by atoms with E-state index in [-0.39, 0.29) is 25.0 Å². The first-order chi connectivity index (χ1) is 6.55. The first-order valence-corrected chi connectivity index (χ1v) is 4.84. The highest BCUT2D eigenvalue weighted by molar-refractivity contribution is 4.92. The lowest BCUT2D eigenvalue weighted by Gasteiger charge is -2.42. The van der Waals surface area contributed by atoms with Crippen molar-refractivity contribution in [2.45, 2.75) is 12.3 Å². The Balaban J connectivity index is 1.86. The van der Waals surface area contributed by atoms with Crippen molar-refractivity contribution in [1.82, 2.24) is 4.90 Å². The van der Waals surface area contributed by atoms with Crippen LogP contribution in [0.1, 0.15) is 6.42 Å². The third-order valence-corrected chi connectivity index (χ3v) is 2.96. The molecule has 14 heavy (non-hydrogen) atoms. The molecule has 0 unspecified atom stereocenters. The van der Waals surface area contributed by atoms with Crippen molar-refractivity contribution >= 4 is 0 Å². The van der Waals surface area contributed by atoms with Crippen LogP contribution in [0.25, 0.3) is 0 Å². The summed E-state index contributed by atoms with van der Waals surface area (Å²) >= 11 is 0. The highest BCUT2D eigenvalue weighted by atomic mass is 19.3. The minimum atomic E-state index is -2.54. The van der Waals surface area contributed by atoms with E-state index < -0.39 is 5.92 Å². The van der Waals surface area contributed by atoms with E-state index in [0.717, 1.165) is 0 Å². The Morgan fingerprint density at radius 1 is 1.36 bits per heavy atom. The Hall–Kier alpha value is -0.260. The molecule has 0 aliphatic carbocycles. The lowest BCUT2D eigenvalue weighted by molar-refractivity contribution is -0.148. The van der Waals surface area contributed by atoms with Crippen LogP contribution in [0.2, 0.25) is 0 Å². The summed E-state index contributed by atoms with van der Waals surface area (Å²) in [6, 6.07) is 0. The first kappa shape index (κ1) is 10.3. The van der Waals surface area contributed by atoms with Crippen LogP contribution < -0.4 is 0 Å².